The topological polar surface area (TPSA) is 49.4 Å². The second-order valence-corrected chi connectivity index (χ2v) is 8.57. The Kier molecular flexibility index (Phi) is 4.94. The molecule has 0 radical (unpaired) electrons. The van der Waals surface area contributed by atoms with Crippen molar-refractivity contribution in [2.75, 3.05) is 20.6 Å². The number of rotatable bonds is 5. The van der Waals surface area contributed by atoms with Gasteiger partial charge >= 0.3 is 0 Å². The van der Waals surface area contributed by atoms with Gasteiger partial charge in [-0.25, -0.2) is 12.7 Å². The quantitative estimate of drug-likeness (QED) is 0.904. The molecule has 0 aliphatic carbocycles. The van der Waals surface area contributed by atoms with Crippen molar-refractivity contribution >= 4 is 21.4 Å². The van der Waals surface area contributed by atoms with E-state index in [4.69, 9.17) is 0 Å². The predicted molar refractivity (Wildman–Crippen MR) is 76.4 cm³/mol. The molecule has 6 heteroatoms. The zero-order valence-electron chi connectivity index (χ0n) is 11.6. The van der Waals surface area contributed by atoms with Gasteiger partial charge in [0.2, 0.25) is 10.0 Å². The average Bonchev–Trinajstić information content (AvgIpc) is 2.64. The van der Waals surface area contributed by atoms with Gasteiger partial charge in [-0.1, -0.05) is 20.8 Å². The molecule has 104 valence electrons. The molecule has 4 nitrogen and oxygen atoms in total. The number of nitrogens with zero attached hydrogens (tertiary/aromatic N) is 1. The van der Waals surface area contributed by atoms with Crippen LogP contribution < -0.4 is 5.32 Å². The summed E-state index contributed by atoms with van der Waals surface area (Å²) in [4.78, 5) is 1.28. The Labute approximate surface area is 114 Å². The Morgan fingerprint density at radius 2 is 2.00 bits per heavy atom. The SMILES string of the molecule is CNCc1sccc1S(=O)(=O)N(C)CC(C)(C)C. The Bertz CT molecular complexity index is 486. The van der Waals surface area contributed by atoms with Crippen LogP contribution in [0.4, 0.5) is 0 Å². The number of thiophene rings is 1. The lowest BCUT2D eigenvalue weighted by Crippen LogP contribution is -2.34. The molecule has 1 heterocycles. The van der Waals surface area contributed by atoms with Gasteiger partial charge in [0, 0.05) is 25.0 Å². The largest absolute Gasteiger partial charge is 0.315 e. The van der Waals surface area contributed by atoms with E-state index in [1.807, 2.05) is 33.2 Å². The number of hydrogen-bond acceptors (Lipinski definition) is 4. The molecule has 1 aromatic heterocycles. The van der Waals surface area contributed by atoms with Gasteiger partial charge in [0.15, 0.2) is 0 Å². The van der Waals surface area contributed by atoms with Crippen LogP contribution in [0.3, 0.4) is 0 Å². The van der Waals surface area contributed by atoms with Crippen molar-refractivity contribution in [3.05, 3.63) is 16.3 Å². The zero-order chi connectivity index (χ0) is 14.0. The van der Waals surface area contributed by atoms with E-state index in [-0.39, 0.29) is 5.41 Å². The minimum Gasteiger partial charge on any atom is -0.315 e. The molecule has 0 unspecified atom stereocenters. The van der Waals surface area contributed by atoms with E-state index in [0.717, 1.165) is 4.88 Å². The maximum Gasteiger partial charge on any atom is 0.243 e. The summed E-state index contributed by atoms with van der Waals surface area (Å²) in [7, 11) is 0.0768. The first kappa shape index (κ1) is 15.6. The fourth-order valence-electron chi connectivity index (χ4n) is 1.77. The third-order valence-electron chi connectivity index (χ3n) is 2.43. The lowest BCUT2D eigenvalue weighted by molar-refractivity contribution is 0.310. The zero-order valence-corrected chi connectivity index (χ0v) is 13.3. The van der Waals surface area contributed by atoms with Crippen molar-refractivity contribution in [1.82, 2.24) is 9.62 Å². The van der Waals surface area contributed by atoms with E-state index in [9.17, 15) is 8.42 Å². The van der Waals surface area contributed by atoms with Crippen LogP contribution in [0.2, 0.25) is 0 Å². The van der Waals surface area contributed by atoms with Crippen LogP contribution in [0.1, 0.15) is 25.6 Å². The number of nitrogens with one attached hydrogen (secondary N) is 1. The molecule has 0 spiro atoms. The van der Waals surface area contributed by atoms with E-state index < -0.39 is 10.0 Å². The van der Waals surface area contributed by atoms with Gasteiger partial charge in [0.1, 0.15) is 0 Å². The summed E-state index contributed by atoms with van der Waals surface area (Å²) in [6.45, 7) is 7.17. The maximum absolute atomic E-state index is 12.5. The lowest BCUT2D eigenvalue weighted by atomic mass is 9.97. The summed E-state index contributed by atoms with van der Waals surface area (Å²) in [6.07, 6.45) is 0. The second-order valence-electron chi connectivity index (χ2n) is 5.56. The number of hydrogen-bond donors (Lipinski definition) is 1. The van der Waals surface area contributed by atoms with Gasteiger partial charge in [-0.15, -0.1) is 11.3 Å². The lowest BCUT2D eigenvalue weighted by Gasteiger charge is -2.26. The fourth-order valence-corrected chi connectivity index (χ4v) is 4.59. The minimum absolute atomic E-state index is 0.0546. The summed E-state index contributed by atoms with van der Waals surface area (Å²) in [5, 5.41) is 4.82. The highest BCUT2D eigenvalue weighted by Crippen LogP contribution is 2.26. The van der Waals surface area contributed by atoms with Gasteiger partial charge < -0.3 is 5.32 Å². The molecule has 0 saturated carbocycles. The molecular weight excluding hydrogens is 268 g/mol. The standard InChI is InChI=1S/C12H22N2O2S2/c1-12(2,3)9-14(5)18(15,16)11-6-7-17-10(11)8-13-4/h6-7,13H,8-9H2,1-5H3. The highest BCUT2D eigenvalue weighted by Gasteiger charge is 2.27. The van der Waals surface area contributed by atoms with Gasteiger partial charge in [-0.05, 0) is 23.9 Å². The molecule has 0 bridgehead atoms. The van der Waals surface area contributed by atoms with E-state index >= 15 is 0 Å². The van der Waals surface area contributed by atoms with Gasteiger partial charge in [0.05, 0.1) is 4.90 Å². The van der Waals surface area contributed by atoms with Crippen molar-refractivity contribution in [2.24, 2.45) is 5.41 Å². The van der Waals surface area contributed by atoms with Gasteiger partial charge in [-0.2, -0.15) is 0 Å². The molecule has 0 fully saturated rings. The van der Waals surface area contributed by atoms with Crippen LogP contribution in [0.15, 0.2) is 16.3 Å². The maximum atomic E-state index is 12.5. The van der Waals surface area contributed by atoms with Gasteiger partial charge in [0.25, 0.3) is 0 Å². The Hall–Kier alpha value is -0.430. The summed E-state index contributed by atoms with van der Waals surface area (Å²) in [5.41, 5.74) is -0.0546. The van der Waals surface area contributed by atoms with Crippen LogP contribution in [-0.4, -0.2) is 33.4 Å². The van der Waals surface area contributed by atoms with Crippen LogP contribution in [0, 0.1) is 5.41 Å². The smallest absolute Gasteiger partial charge is 0.243 e. The van der Waals surface area contributed by atoms with Crippen molar-refractivity contribution in [1.29, 1.82) is 0 Å². The monoisotopic (exact) mass is 290 g/mol. The molecule has 1 aromatic rings. The van der Waals surface area contributed by atoms with Crippen molar-refractivity contribution in [3.8, 4) is 0 Å². The third-order valence-corrected chi connectivity index (χ3v) is 5.37. The first-order valence-electron chi connectivity index (χ1n) is 5.86. The molecule has 0 aliphatic heterocycles. The van der Waals surface area contributed by atoms with Crippen LogP contribution in [0.5, 0.6) is 0 Å². The Balaban J connectivity index is 3.02. The molecule has 0 aromatic carbocycles. The van der Waals surface area contributed by atoms with E-state index in [1.54, 1.807) is 13.1 Å². The molecule has 0 aliphatic rings. The van der Waals surface area contributed by atoms with Crippen molar-refractivity contribution in [3.63, 3.8) is 0 Å². The van der Waals surface area contributed by atoms with E-state index in [0.29, 0.717) is 18.0 Å². The average molecular weight is 290 g/mol. The molecule has 0 saturated heterocycles. The molecule has 0 atom stereocenters. The number of sulfonamides is 1. The summed E-state index contributed by atoms with van der Waals surface area (Å²) in [5.74, 6) is 0. The molecule has 0 amide bonds. The van der Waals surface area contributed by atoms with E-state index in [1.165, 1.54) is 15.6 Å². The Morgan fingerprint density at radius 1 is 1.39 bits per heavy atom. The van der Waals surface area contributed by atoms with Crippen molar-refractivity contribution in [2.45, 2.75) is 32.2 Å². The van der Waals surface area contributed by atoms with Crippen LogP contribution >= 0.6 is 11.3 Å². The summed E-state index contributed by atoms with van der Waals surface area (Å²) in [6, 6.07) is 1.69. The molecule has 1 N–H and O–H groups in total. The fraction of sp³-hybridized carbons (Fsp3) is 0.667. The summed E-state index contributed by atoms with van der Waals surface area (Å²) >= 11 is 1.47. The predicted octanol–water partition coefficient (Wildman–Crippen LogP) is 2.13. The second kappa shape index (κ2) is 5.69. The molecule has 1 rings (SSSR count). The highest BCUT2D eigenvalue weighted by molar-refractivity contribution is 7.89. The highest BCUT2D eigenvalue weighted by atomic mass is 32.2. The minimum atomic E-state index is -3.38. The van der Waals surface area contributed by atoms with Crippen LogP contribution in [-0.2, 0) is 16.6 Å². The van der Waals surface area contributed by atoms with Gasteiger partial charge in [-0.3, -0.25) is 0 Å². The first-order chi connectivity index (χ1) is 8.18. The normalized spacial score (nSPS) is 13.2. The molecule has 18 heavy (non-hydrogen) atoms. The van der Waals surface area contributed by atoms with Crippen molar-refractivity contribution < 1.29 is 8.42 Å². The van der Waals surface area contributed by atoms with Crippen LogP contribution in [0.25, 0.3) is 0 Å². The molecular formula is C12H22N2O2S2. The third kappa shape index (κ3) is 3.78. The first-order valence-corrected chi connectivity index (χ1v) is 8.18. The Morgan fingerprint density at radius 3 is 2.50 bits per heavy atom. The summed E-state index contributed by atoms with van der Waals surface area (Å²) < 4.78 is 26.4. The van der Waals surface area contributed by atoms with E-state index in [2.05, 4.69) is 5.32 Å².